The molecule has 0 unspecified atom stereocenters. The van der Waals surface area contributed by atoms with Crippen molar-refractivity contribution in [2.75, 3.05) is 32.8 Å². The van der Waals surface area contributed by atoms with E-state index in [-0.39, 0.29) is 25.0 Å². The SMILES string of the molecule is C=CCNC(=O)CN(CCC)CC(=O)OCC. The zero-order valence-corrected chi connectivity index (χ0v) is 10.7. The number of nitrogens with one attached hydrogen (secondary N) is 1. The van der Waals surface area contributed by atoms with Gasteiger partial charge in [-0.05, 0) is 19.9 Å². The van der Waals surface area contributed by atoms with Crippen LogP contribution >= 0.6 is 0 Å². The molecule has 1 N–H and O–H groups in total. The Bertz CT molecular complexity index is 254. The van der Waals surface area contributed by atoms with Gasteiger partial charge in [0.15, 0.2) is 0 Å². The van der Waals surface area contributed by atoms with Gasteiger partial charge in [0.25, 0.3) is 0 Å². The molecule has 5 nitrogen and oxygen atoms in total. The largest absolute Gasteiger partial charge is 0.465 e. The van der Waals surface area contributed by atoms with E-state index < -0.39 is 0 Å². The summed E-state index contributed by atoms with van der Waals surface area (Å²) in [5, 5.41) is 2.68. The minimum absolute atomic E-state index is 0.109. The summed E-state index contributed by atoms with van der Waals surface area (Å²) in [6.45, 7) is 9.15. The minimum Gasteiger partial charge on any atom is -0.465 e. The van der Waals surface area contributed by atoms with Crippen molar-refractivity contribution in [2.24, 2.45) is 0 Å². The van der Waals surface area contributed by atoms with E-state index in [4.69, 9.17) is 4.74 Å². The molecule has 0 aliphatic carbocycles. The molecule has 0 rings (SSSR count). The van der Waals surface area contributed by atoms with Gasteiger partial charge in [-0.3, -0.25) is 14.5 Å². The van der Waals surface area contributed by atoms with Gasteiger partial charge < -0.3 is 10.1 Å². The van der Waals surface area contributed by atoms with Crippen LogP contribution in [0.2, 0.25) is 0 Å². The van der Waals surface area contributed by atoms with Crippen molar-refractivity contribution in [3.8, 4) is 0 Å². The van der Waals surface area contributed by atoms with Crippen LogP contribution in [0.4, 0.5) is 0 Å². The quantitative estimate of drug-likeness (QED) is 0.474. The van der Waals surface area contributed by atoms with Crippen molar-refractivity contribution in [3.05, 3.63) is 12.7 Å². The number of carbonyl (C=O) groups is 2. The first-order chi connectivity index (χ1) is 8.13. The second-order valence-electron chi connectivity index (χ2n) is 3.61. The van der Waals surface area contributed by atoms with Gasteiger partial charge in [-0.1, -0.05) is 13.0 Å². The number of carbonyl (C=O) groups excluding carboxylic acids is 2. The summed E-state index contributed by atoms with van der Waals surface area (Å²) >= 11 is 0. The highest BCUT2D eigenvalue weighted by Gasteiger charge is 2.13. The minimum atomic E-state index is -0.294. The first-order valence-electron chi connectivity index (χ1n) is 5.89. The molecule has 0 bridgehead atoms. The Balaban J connectivity index is 4.08. The highest BCUT2D eigenvalue weighted by Crippen LogP contribution is 1.93. The van der Waals surface area contributed by atoms with Crippen LogP contribution in [0, 0.1) is 0 Å². The molecule has 0 saturated heterocycles. The Morgan fingerprint density at radius 1 is 1.35 bits per heavy atom. The molecule has 0 aliphatic heterocycles. The predicted molar refractivity (Wildman–Crippen MR) is 66.6 cm³/mol. The zero-order chi connectivity index (χ0) is 13.1. The Morgan fingerprint density at radius 2 is 2.06 bits per heavy atom. The fourth-order valence-electron chi connectivity index (χ4n) is 1.36. The number of esters is 1. The number of ether oxygens (including phenoxy) is 1. The molecule has 0 heterocycles. The van der Waals surface area contributed by atoms with E-state index in [1.807, 2.05) is 6.92 Å². The highest BCUT2D eigenvalue weighted by molar-refractivity contribution is 5.79. The monoisotopic (exact) mass is 242 g/mol. The lowest BCUT2D eigenvalue weighted by Gasteiger charge is -2.19. The van der Waals surface area contributed by atoms with E-state index in [1.165, 1.54) is 0 Å². The van der Waals surface area contributed by atoms with Crippen molar-refractivity contribution in [1.29, 1.82) is 0 Å². The first kappa shape index (κ1) is 15.6. The molecule has 0 aromatic heterocycles. The lowest BCUT2D eigenvalue weighted by Crippen LogP contribution is -2.40. The number of hydrogen-bond donors (Lipinski definition) is 1. The Hall–Kier alpha value is -1.36. The molecule has 0 fully saturated rings. The third-order valence-corrected chi connectivity index (χ3v) is 2.01. The fourth-order valence-corrected chi connectivity index (χ4v) is 1.36. The van der Waals surface area contributed by atoms with Crippen molar-refractivity contribution in [1.82, 2.24) is 10.2 Å². The Labute approximate surface area is 103 Å². The summed E-state index contributed by atoms with van der Waals surface area (Å²) in [7, 11) is 0. The summed E-state index contributed by atoms with van der Waals surface area (Å²) in [4.78, 5) is 24.6. The predicted octanol–water partition coefficient (Wildman–Crippen LogP) is 0.564. The van der Waals surface area contributed by atoms with Gasteiger partial charge >= 0.3 is 5.97 Å². The molecule has 5 heteroatoms. The van der Waals surface area contributed by atoms with Crippen molar-refractivity contribution in [3.63, 3.8) is 0 Å². The van der Waals surface area contributed by atoms with Gasteiger partial charge in [-0.2, -0.15) is 0 Å². The molecule has 17 heavy (non-hydrogen) atoms. The van der Waals surface area contributed by atoms with Gasteiger partial charge in [0.05, 0.1) is 19.7 Å². The molecule has 0 aliphatic rings. The van der Waals surface area contributed by atoms with Crippen LogP contribution < -0.4 is 5.32 Å². The van der Waals surface area contributed by atoms with Crippen LogP contribution in [0.5, 0.6) is 0 Å². The maximum atomic E-state index is 11.5. The molecule has 0 saturated carbocycles. The van der Waals surface area contributed by atoms with Crippen molar-refractivity contribution in [2.45, 2.75) is 20.3 Å². The average Bonchev–Trinajstić information content (AvgIpc) is 2.27. The van der Waals surface area contributed by atoms with E-state index in [2.05, 4.69) is 11.9 Å². The number of nitrogens with zero attached hydrogens (tertiary/aromatic N) is 1. The molecule has 1 amide bonds. The van der Waals surface area contributed by atoms with Crippen molar-refractivity contribution < 1.29 is 14.3 Å². The third kappa shape index (κ3) is 8.45. The summed E-state index contributed by atoms with van der Waals surface area (Å²) in [6, 6.07) is 0. The van der Waals surface area contributed by atoms with Crippen LogP contribution in [-0.4, -0.2) is 49.6 Å². The number of rotatable bonds is 9. The van der Waals surface area contributed by atoms with E-state index >= 15 is 0 Å². The fraction of sp³-hybridized carbons (Fsp3) is 0.667. The summed E-state index contributed by atoms with van der Waals surface area (Å²) < 4.78 is 4.85. The lowest BCUT2D eigenvalue weighted by atomic mass is 10.3. The zero-order valence-electron chi connectivity index (χ0n) is 10.7. The molecule has 0 spiro atoms. The second-order valence-corrected chi connectivity index (χ2v) is 3.61. The van der Waals surface area contributed by atoms with Gasteiger partial charge in [0.2, 0.25) is 5.91 Å². The molecule has 98 valence electrons. The van der Waals surface area contributed by atoms with Crippen LogP contribution in [0.1, 0.15) is 20.3 Å². The first-order valence-corrected chi connectivity index (χ1v) is 5.89. The van der Waals surface area contributed by atoms with Crippen LogP contribution in [0.3, 0.4) is 0 Å². The molecular formula is C12H22N2O3. The topological polar surface area (TPSA) is 58.6 Å². The second kappa shape index (κ2) is 9.84. The normalized spacial score (nSPS) is 10.1. The van der Waals surface area contributed by atoms with E-state index in [0.717, 1.165) is 6.42 Å². The maximum absolute atomic E-state index is 11.5. The lowest BCUT2D eigenvalue weighted by molar-refractivity contribution is -0.144. The van der Waals surface area contributed by atoms with Gasteiger partial charge in [-0.15, -0.1) is 6.58 Å². The van der Waals surface area contributed by atoms with Crippen molar-refractivity contribution >= 4 is 11.9 Å². The number of amides is 1. The summed E-state index contributed by atoms with van der Waals surface area (Å²) in [5.41, 5.74) is 0. The van der Waals surface area contributed by atoms with Gasteiger partial charge in [0, 0.05) is 6.54 Å². The molecule has 0 aromatic carbocycles. The van der Waals surface area contributed by atoms with E-state index in [0.29, 0.717) is 19.7 Å². The summed E-state index contributed by atoms with van der Waals surface area (Å²) in [5.74, 6) is -0.403. The summed E-state index contributed by atoms with van der Waals surface area (Å²) in [6.07, 6.45) is 2.50. The standard InChI is InChI=1S/C12H22N2O3/c1-4-7-13-11(15)9-14(8-5-2)10-12(16)17-6-3/h4H,1,5-10H2,2-3H3,(H,13,15). The van der Waals surface area contributed by atoms with E-state index in [1.54, 1.807) is 17.9 Å². The Morgan fingerprint density at radius 3 is 2.59 bits per heavy atom. The molecule has 0 aromatic rings. The molecular weight excluding hydrogens is 220 g/mol. The Kier molecular flexibility index (Phi) is 9.05. The molecule has 0 radical (unpaired) electrons. The third-order valence-electron chi connectivity index (χ3n) is 2.01. The average molecular weight is 242 g/mol. The van der Waals surface area contributed by atoms with Crippen LogP contribution in [0.25, 0.3) is 0 Å². The smallest absolute Gasteiger partial charge is 0.320 e. The van der Waals surface area contributed by atoms with Gasteiger partial charge in [-0.25, -0.2) is 0 Å². The van der Waals surface area contributed by atoms with Crippen LogP contribution in [-0.2, 0) is 14.3 Å². The number of hydrogen-bond acceptors (Lipinski definition) is 4. The van der Waals surface area contributed by atoms with E-state index in [9.17, 15) is 9.59 Å². The van der Waals surface area contributed by atoms with Gasteiger partial charge in [0.1, 0.15) is 0 Å². The maximum Gasteiger partial charge on any atom is 0.320 e. The van der Waals surface area contributed by atoms with Crippen LogP contribution in [0.15, 0.2) is 12.7 Å². The molecule has 0 atom stereocenters. The highest BCUT2D eigenvalue weighted by atomic mass is 16.5.